The highest BCUT2D eigenvalue weighted by Gasteiger charge is 1.85. The van der Waals surface area contributed by atoms with E-state index in [0.717, 1.165) is 11.5 Å². The summed E-state index contributed by atoms with van der Waals surface area (Å²) in [6.07, 6.45) is 0. The van der Waals surface area contributed by atoms with Crippen molar-refractivity contribution in [2.75, 3.05) is 20.9 Å². The largest absolute Gasteiger partial charge is 0.497 e. The third-order valence-corrected chi connectivity index (χ3v) is 2.11. The fraction of sp³-hybridized carbons (Fsp3) is 0.200. The summed E-state index contributed by atoms with van der Waals surface area (Å²) in [5.74, 6) is 1.81. The minimum atomic E-state index is 0.560. The van der Waals surface area contributed by atoms with Gasteiger partial charge in [-0.2, -0.15) is 0 Å². The molecule has 1 N–H and O–H groups in total. The Labute approximate surface area is 108 Å². The fourth-order valence-corrected chi connectivity index (χ4v) is 1.23. The smallest absolute Gasteiger partial charge is 0.139 e. The molecule has 2 aromatic carbocycles. The maximum atomic E-state index is 5.24. The van der Waals surface area contributed by atoms with E-state index in [2.05, 4.69) is 5.32 Å². The first kappa shape index (κ1) is 14.1. The Balaban J connectivity index is 0.000000184. The van der Waals surface area contributed by atoms with E-state index in [9.17, 15) is 0 Å². The first-order chi connectivity index (χ1) is 8.86. The molecule has 3 heteroatoms. The molecule has 0 radical (unpaired) electrons. The highest BCUT2D eigenvalue weighted by Crippen LogP contribution is 2.06. The van der Waals surface area contributed by atoms with Gasteiger partial charge in [0.1, 0.15) is 18.2 Å². The number of para-hydroxylation sites is 2. The lowest BCUT2D eigenvalue weighted by atomic mass is 10.3. The molecule has 0 amide bonds. The quantitative estimate of drug-likeness (QED) is 0.840. The number of hydrogen-bond acceptors (Lipinski definition) is 3. The Bertz CT molecular complexity index is 403. The number of benzene rings is 2. The van der Waals surface area contributed by atoms with Crippen molar-refractivity contribution >= 4 is 0 Å². The molecule has 0 saturated carbocycles. The number of hydrogen-bond donors (Lipinski definition) is 1. The van der Waals surface area contributed by atoms with Crippen LogP contribution in [0.3, 0.4) is 0 Å². The molecule has 0 aliphatic heterocycles. The molecule has 96 valence electrons. The number of methoxy groups -OCH3 is 1. The molecule has 0 spiro atoms. The summed E-state index contributed by atoms with van der Waals surface area (Å²) < 4.78 is 10.2. The second-order valence-electron chi connectivity index (χ2n) is 3.47. The number of nitrogens with one attached hydrogen (secondary N) is 1. The van der Waals surface area contributed by atoms with E-state index in [4.69, 9.17) is 9.47 Å². The zero-order valence-electron chi connectivity index (χ0n) is 10.8. The monoisotopic (exact) mass is 245 g/mol. The summed E-state index contributed by atoms with van der Waals surface area (Å²) in [5.41, 5.74) is 0. The minimum absolute atomic E-state index is 0.560. The SMILES string of the molecule is CNCOc1ccccc1.COc1ccccc1. The van der Waals surface area contributed by atoms with Crippen LogP contribution in [0, 0.1) is 0 Å². The highest BCUT2D eigenvalue weighted by atomic mass is 16.5. The molecule has 0 bridgehead atoms. The van der Waals surface area contributed by atoms with Crippen molar-refractivity contribution in [3.05, 3.63) is 60.7 Å². The predicted molar refractivity (Wildman–Crippen MR) is 74.0 cm³/mol. The van der Waals surface area contributed by atoms with Gasteiger partial charge in [-0.05, 0) is 31.3 Å². The topological polar surface area (TPSA) is 30.5 Å². The van der Waals surface area contributed by atoms with Crippen molar-refractivity contribution in [3.8, 4) is 11.5 Å². The summed E-state index contributed by atoms with van der Waals surface area (Å²) in [4.78, 5) is 0. The van der Waals surface area contributed by atoms with Gasteiger partial charge in [0.15, 0.2) is 0 Å². The molecular formula is C15H19NO2. The standard InChI is InChI=1S/C8H11NO.C7H8O/c1-9-7-10-8-5-3-2-4-6-8;1-8-7-5-3-2-4-6-7/h2-6,9H,7H2,1H3;2-6H,1H3. The van der Waals surface area contributed by atoms with Crippen LogP contribution in [-0.4, -0.2) is 20.9 Å². The van der Waals surface area contributed by atoms with Crippen molar-refractivity contribution in [3.63, 3.8) is 0 Å². The Kier molecular flexibility index (Phi) is 7.09. The summed E-state index contributed by atoms with van der Waals surface area (Å²) in [5, 5.41) is 2.89. The van der Waals surface area contributed by atoms with Gasteiger partial charge in [-0.15, -0.1) is 0 Å². The lowest BCUT2D eigenvalue weighted by Crippen LogP contribution is -2.13. The van der Waals surface area contributed by atoms with Gasteiger partial charge >= 0.3 is 0 Å². The number of rotatable bonds is 4. The van der Waals surface area contributed by atoms with E-state index in [1.807, 2.05) is 67.7 Å². The van der Waals surface area contributed by atoms with Crippen molar-refractivity contribution in [2.24, 2.45) is 0 Å². The molecule has 0 atom stereocenters. The van der Waals surface area contributed by atoms with E-state index in [1.54, 1.807) is 7.11 Å². The van der Waals surface area contributed by atoms with Crippen LogP contribution in [-0.2, 0) is 0 Å². The maximum Gasteiger partial charge on any atom is 0.139 e. The van der Waals surface area contributed by atoms with Gasteiger partial charge in [-0.25, -0.2) is 0 Å². The van der Waals surface area contributed by atoms with Crippen LogP contribution in [0.15, 0.2) is 60.7 Å². The van der Waals surface area contributed by atoms with Gasteiger partial charge in [-0.3, -0.25) is 5.32 Å². The summed E-state index contributed by atoms with van der Waals surface area (Å²) >= 11 is 0. The van der Waals surface area contributed by atoms with E-state index in [-0.39, 0.29) is 0 Å². The second kappa shape index (κ2) is 9.07. The van der Waals surface area contributed by atoms with Crippen molar-refractivity contribution in [1.29, 1.82) is 0 Å². The van der Waals surface area contributed by atoms with Gasteiger partial charge in [0.2, 0.25) is 0 Å². The zero-order chi connectivity index (χ0) is 13.1. The Morgan fingerprint density at radius 3 is 1.72 bits per heavy atom. The van der Waals surface area contributed by atoms with Gasteiger partial charge in [-0.1, -0.05) is 36.4 Å². The highest BCUT2D eigenvalue weighted by molar-refractivity contribution is 5.21. The molecule has 0 aliphatic carbocycles. The zero-order valence-corrected chi connectivity index (χ0v) is 10.8. The van der Waals surface area contributed by atoms with Crippen molar-refractivity contribution < 1.29 is 9.47 Å². The Hall–Kier alpha value is -2.00. The van der Waals surface area contributed by atoms with Crippen LogP contribution in [0.2, 0.25) is 0 Å². The molecule has 0 saturated heterocycles. The van der Waals surface area contributed by atoms with Gasteiger partial charge in [0.25, 0.3) is 0 Å². The van der Waals surface area contributed by atoms with Gasteiger partial charge in [0, 0.05) is 0 Å². The second-order valence-corrected chi connectivity index (χ2v) is 3.47. The fourth-order valence-electron chi connectivity index (χ4n) is 1.23. The number of ether oxygens (including phenoxy) is 2. The summed E-state index contributed by atoms with van der Waals surface area (Å²) in [6, 6.07) is 19.4. The molecule has 0 heterocycles. The first-order valence-electron chi connectivity index (χ1n) is 5.78. The lowest BCUT2D eigenvalue weighted by Gasteiger charge is -2.02. The normalized spacial score (nSPS) is 9.00. The van der Waals surface area contributed by atoms with Crippen molar-refractivity contribution in [2.45, 2.75) is 0 Å². The van der Waals surface area contributed by atoms with Crippen LogP contribution in [0.1, 0.15) is 0 Å². The molecule has 0 aromatic heterocycles. The summed E-state index contributed by atoms with van der Waals surface area (Å²) in [7, 11) is 3.51. The van der Waals surface area contributed by atoms with Crippen LogP contribution in [0.4, 0.5) is 0 Å². The van der Waals surface area contributed by atoms with Crippen molar-refractivity contribution in [1.82, 2.24) is 5.32 Å². The van der Waals surface area contributed by atoms with E-state index in [1.165, 1.54) is 0 Å². The Morgan fingerprint density at radius 1 is 0.833 bits per heavy atom. The molecule has 3 nitrogen and oxygen atoms in total. The third kappa shape index (κ3) is 5.92. The van der Waals surface area contributed by atoms with E-state index in [0.29, 0.717) is 6.73 Å². The summed E-state index contributed by atoms with van der Waals surface area (Å²) in [6.45, 7) is 0.560. The molecule has 2 rings (SSSR count). The molecular weight excluding hydrogens is 226 g/mol. The maximum absolute atomic E-state index is 5.24. The Morgan fingerprint density at radius 2 is 1.33 bits per heavy atom. The van der Waals surface area contributed by atoms with Crippen LogP contribution in [0.5, 0.6) is 11.5 Å². The van der Waals surface area contributed by atoms with E-state index < -0.39 is 0 Å². The van der Waals surface area contributed by atoms with Crippen LogP contribution in [0.25, 0.3) is 0 Å². The molecule has 0 unspecified atom stereocenters. The third-order valence-electron chi connectivity index (χ3n) is 2.11. The predicted octanol–water partition coefficient (Wildman–Crippen LogP) is 2.94. The average molecular weight is 245 g/mol. The molecule has 0 fully saturated rings. The van der Waals surface area contributed by atoms with Gasteiger partial charge < -0.3 is 9.47 Å². The lowest BCUT2D eigenvalue weighted by molar-refractivity contribution is 0.296. The molecule has 2 aromatic rings. The minimum Gasteiger partial charge on any atom is -0.497 e. The molecule has 0 aliphatic rings. The molecule has 18 heavy (non-hydrogen) atoms. The van der Waals surface area contributed by atoms with Crippen LogP contribution < -0.4 is 14.8 Å². The first-order valence-corrected chi connectivity index (χ1v) is 5.78. The van der Waals surface area contributed by atoms with Gasteiger partial charge in [0.05, 0.1) is 7.11 Å². The van der Waals surface area contributed by atoms with E-state index >= 15 is 0 Å². The average Bonchev–Trinajstić information content (AvgIpc) is 2.48. The van der Waals surface area contributed by atoms with Crippen LogP contribution >= 0.6 is 0 Å².